The Morgan fingerprint density at radius 1 is 1.39 bits per heavy atom. The van der Waals surface area contributed by atoms with Crippen molar-refractivity contribution >= 4 is 5.97 Å². The number of carbonyl (C=O) groups is 1. The van der Waals surface area contributed by atoms with Crippen LogP contribution in [0.5, 0.6) is 0 Å². The third kappa shape index (κ3) is 2.66. The molecule has 1 aromatic rings. The van der Waals surface area contributed by atoms with E-state index >= 15 is 0 Å². The molecule has 0 radical (unpaired) electrons. The average molecular weight is 320 g/mol. The summed E-state index contributed by atoms with van der Waals surface area (Å²) in [4.78, 5) is 23.9. The van der Waals surface area contributed by atoms with E-state index in [0.29, 0.717) is 19.1 Å². The third-order valence-corrected chi connectivity index (χ3v) is 5.79. The molecule has 1 aromatic heterocycles. The number of aliphatic carboxylic acids is 1. The van der Waals surface area contributed by atoms with Crippen LogP contribution in [0.2, 0.25) is 0 Å². The van der Waals surface area contributed by atoms with Gasteiger partial charge in [-0.2, -0.15) is 0 Å². The van der Waals surface area contributed by atoms with Gasteiger partial charge in [-0.15, -0.1) is 0 Å². The van der Waals surface area contributed by atoms with E-state index in [-0.39, 0.29) is 5.92 Å². The van der Waals surface area contributed by atoms with Gasteiger partial charge in [0, 0.05) is 69.8 Å². The second kappa shape index (κ2) is 5.89. The molecule has 4 rings (SSSR count). The lowest BCUT2D eigenvalue weighted by Gasteiger charge is -2.33. The van der Waals surface area contributed by atoms with Crippen LogP contribution >= 0.6 is 0 Å². The summed E-state index contributed by atoms with van der Waals surface area (Å²) in [6.07, 6.45) is 5.54. The molecular weight excluding hydrogens is 296 g/mol. The van der Waals surface area contributed by atoms with Crippen LogP contribution in [0.25, 0.3) is 0 Å². The highest BCUT2D eigenvalue weighted by Crippen LogP contribution is 2.44. The predicted molar refractivity (Wildman–Crippen MR) is 82.8 cm³/mol. The van der Waals surface area contributed by atoms with Gasteiger partial charge in [-0.05, 0) is 12.8 Å². The summed E-state index contributed by atoms with van der Waals surface area (Å²) in [7, 11) is 0. The molecule has 2 atom stereocenters. The number of fused-ring (bicyclic) bond motifs is 1. The van der Waals surface area contributed by atoms with Gasteiger partial charge in [0.2, 0.25) is 0 Å². The summed E-state index contributed by atoms with van der Waals surface area (Å²) in [5, 5.41) is 9.94. The summed E-state index contributed by atoms with van der Waals surface area (Å²) < 4.78 is 5.44. The van der Waals surface area contributed by atoms with Gasteiger partial charge in [-0.3, -0.25) is 14.6 Å². The fourth-order valence-electron chi connectivity index (χ4n) is 4.57. The number of likely N-dealkylation sites (tertiary alicyclic amines) is 2. The minimum atomic E-state index is -0.635. The minimum absolute atomic E-state index is 0.214. The van der Waals surface area contributed by atoms with E-state index in [9.17, 15) is 9.90 Å². The maximum Gasteiger partial charge on any atom is 0.312 e. The predicted octanol–water partition coefficient (Wildman–Crippen LogP) is 0.407. The minimum Gasteiger partial charge on any atom is -0.481 e. The molecule has 2 N–H and O–H groups in total. The molecule has 23 heavy (non-hydrogen) atoms. The van der Waals surface area contributed by atoms with Crippen LogP contribution in [0, 0.1) is 11.3 Å². The Morgan fingerprint density at radius 2 is 2.22 bits per heavy atom. The average Bonchev–Trinajstić information content (AvgIpc) is 3.23. The number of rotatable bonds is 4. The van der Waals surface area contributed by atoms with Crippen molar-refractivity contribution in [1.82, 2.24) is 19.8 Å². The van der Waals surface area contributed by atoms with Gasteiger partial charge in [-0.1, -0.05) is 0 Å². The Morgan fingerprint density at radius 3 is 2.87 bits per heavy atom. The van der Waals surface area contributed by atoms with E-state index in [2.05, 4.69) is 19.8 Å². The van der Waals surface area contributed by atoms with E-state index in [1.54, 1.807) is 6.33 Å². The number of ether oxygens (including phenoxy) is 1. The number of aromatic nitrogens is 2. The molecule has 7 nitrogen and oxygen atoms in total. The number of hydrogen-bond donors (Lipinski definition) is 2. The zero-order chi connectivity index (χ0) is 15.9. The quantitative estimate of drug-likeness (QED) is 0.836. The summed E-state index contributed by atoms with van der Waals surface area (Å²) in [6.45, 7) is 5.42. The topological polar surface area (TPSA) is 81.7 Å². The highest BCUT2D eigenvalue weighted by atomic mass is 16.5. The molecular formula is C16H24N4O3. The molecule has 7 heteroatoms. The maximum absolute atomic E-state index is 12.1. The van der Waals surface area contributed by atoms with Crippen molar-refractivity contribution in [2.45, 2.75) is 25.4 Å². The third-order valence-electron chi connectivity index (χ3n) is 5.79. The van der Waals surface area contributed by atoms with Crippen molar-refractivity contribution in [2.75, 3.05) is 39.4 Å². The molecule has 0 saturated carbocycles. The van der Waals surface area contributed by atoms with Crippen molar-refractivity contribution in [3.8, 4) is 0 Å². The number of aromatic amines is 1. The van der Waals surface area contributed by atoms with Gasteiger partial charge in [0.15, 0.2) is 0 Å². The summed E-state index contributed by atoms with van der Waals surface area (Å²) in [5.74, 6) is -0.421. The number of carboxylic acids is 1. The van der Waals surface area contributed by atoms with Crippen LogP contribution in [0.15, 0.2) is 12.5 Å². The van der Waals surface area contributed by atoms with E-state index in [1.807, 2.05) is 6.20 Å². The molecule has 0 unspecified atom stereocenters. The SMILES string of the molecule is O=C(O)[C@]12CN(Cc3cnc[nH]3)C[C@H]1CN(C1CCOCC1)C2. The molecule has 3 saturated heterocycles. The summed E-state index contributed by atoms with van der Waals surface area (Å²) in [6, 6.07) is 0.492. The van der Waals surface area contributed by atoms with Gasteiger partial charge in [-0.25, -0.2) is 4.98 Å². The molecule has 4 heterocycles. The highest BCUT2D eigenvalue weighted by molar-refractivity contribution is 5.77. The largest absolute Gasteiger partial charge is 0.481 e. The number of imidazole rings is 1. The molecule has 3 aliphatic rings. The van der Waals surface area contributed by atoms with Gasteiger partial charge in [0.1, 0.15) is 0 Å². The fraction of sp³-hybridized carbons (Fsp3) is 0.750. The van der Waals surface area contributed by atoms with Crippen molar-refractivity contribution in [3.05, 3.63) is 18.2 Å². The van der Waals surface area contributed by atoms with E-state index < -0.39 is 11.4 Å². The molecule has 3 fully saturated rings. The lowest BCUT2D eigenvalue weighted by Crippen LogP contribution is -2.44. The van der Waals surface area contributed by atoms with Gasteiger partial charge in [0.25, 0.3) is 0 Å². The summed E-state index contributed by atoms with van der Waals surface area (Å²) >= 11 is 0. The molecule has 0 spiro atoms. The first-order valence-corrected chi connectivity index (χ1v) is 8.42. The Bertz CT molecular complexity index is 558. The number of nitrogens with zero attached hydrogens (tertiary/aromatic N) is 3. The summed E-state index contributed by atoms with van der Waals surface area (Å²) in [5.41, 5.74) is 0.435. The highest BCUT2D eigenvalue weighted by Gasteiger charge is 2.58. The van der Waals surface area contributed by atoms with Gasteiger partial charge in [0.05, 0.1) is 11.7 Å². The van der Waals surface area contributed by atoms with Crippen molar-refractivity contribution < 1.29 is 14.6 Å². The monoisotopic (exact) mass is 320 g/mol. The van der Waals surface area contributed by atoms with Gasteiger partial charge < -0.3 is 14.8 Å². The smallest absolute Gasteiger partial charge is 0.312 e. The Labute approximate surface area is 135 Å². The first-order chi connectivity index (χ1) is 11.2. The molecule has 0 amide bonds. The number of nitrogens with one attached hydrogen (secondary N) is 1. The van der Waals surface area contributed by atoms with Crippen LogP contribution in [0.4, 0.5) is 0 Å². The van der Waals surface area contributed by atoms with Crippen LogP contribution in [0.1, 0.15) is 18.5 Å². The number of H-pyrrole nitrogens is 1. The lowest BCUT2D eigenvalue weighted by molar-refractivity contribution is -0.149. The second-order valence-corrected chi connectivity index (χ2v) is 7.18. The molecule has 0 aromatic carbocycles. The molecule has 0 bridgehead atoms. The Balaban J connectivity index is 1.46. The normalized spacial score (nSPS) is 33.1. The standard InChI is InChI=1S/C16H24N4O3/c21-15(22)16-9-19(8-13-5-17-11-18-13)6-12(16)7-20(10-16)14-1-3-23-4-2-14/h5,11-12,14H,1-4,6-10H2,(H,17,18)(H,21,22)/t12-,16-/m0/s1. The molecule has 126 valence electrons. The van der Waals surface area contributed by atoms with E-state index in [4.69, 9.17) is 4.74 Å². The van der Waals surface area contributed by atoms with E-state index in [0.717, 1.165) is 51.4 Å². The fourth-order valence-corrected chi connectivity index (χ4v) is 4.57. The molecule has 0 aliphatic carbocycles. The van der Waals surface area contributed by atoms with Crippen LogP contribution in [-0.4, -0.2) is 76.3 Å². The zero-order valence-electron chi connectivity index (χ0n) is 13.3. The number of hydrogen-bond acceptors (Lipinski definition) is 5. The van der Waals surface area contributed by atoms with Crippen LogP contribution in [-0.2, 0) is 16.1 Å². The second-order valence-electron chi connectivity index (χ2n) is 7.18. The first-order valence-electron chi connectivity index (χ1n) is 8.42. The number of carboxylic acid groups (broad SMARTS) is 1. The maximum atomic E-state index is 12.1. The lowest BCUT2D eigenvalue weighted by atomic mass is 9.81. The first kappa shape index (κ1) is 15.1. The van der Waals surface area contributed by atoms with Crippen molar-refractivity contribution in [2.24, 2.45) is 11.3 Å². The van der Waals surface area contributed by atoms with E-state index in [1.165, 1.54) is 0 Å². The van der Waals surface area contributed by atoms with Crippen molar-refractivity contribution in [3.63, 3.8) is 0 Å². The Hall–Kier alpha value is -1.44. The Kier molecular flexibility index (Phi) is 3.87. The molecule has 3 aliphatic heterocycles. The van der Waals surface area contributed by atoms with Gasteiger partial charge >= 0.3 is 5.97 Å². The van der Waals surface area contributed by atoms with Crippen LogP contribution < -0.4 is 0 Å². The zero-order valence-corrected chi connectivity index (χ0v) is 13.3. The van der Waals surface area contributed by atoms with Crippen molar-refractivity contribution in [1.29, 1.82) is 0 Å². The van der Waals surface area contributed by atoms with Crippen LogP contribution in [0.3, 0.4) is 0 Å².